The van der Waals surface area contributed by atoms with E-state index < -0.39 is 0 Å². The van der Waals surface area contributed by atoms with E-state index in [1.54, 1.807) is 0 Å². The van der Waals surface area contributed by atoms with Crippen molar-refractivity contribution in [2.45, 2.75) is 0 Å². The first-order valence-electron chi connectivity index (χ1n) is 17.4. The molecule has 0 N–H and O–H groups in total. The fourth-order valence-electron chi connectivity index (χ4n) is 8.13. The third-order valence-electron chi connectivity index (χ3n) is 10.5. The highest BCUT2D eigenvalue weighted by Crippen LogP contribution is 2.42. The molecular formula is C48H30N2O. The Hall–Kier alpha value is -6.84. The maximum atomic E-state index is 6.23. The third kappa shape index (κ3) is 4.32. The Balaban J connectivity index is 1.15. The summed E-state index contributed by atoms with van der Waals surface area (Å²) in [5.41, 5.74) is 8.68. The molecule has 11 aromatic rings. The van der Waals surface area contributed by atoms with E-state index in [9.17, 15) is 0 Å². The number of rotatable bonds is 4. The SMILES string of the molecule is c1ccc(-n2c3ccccc3c3ccc(N(c4ccc5ccccc5c4)c4ccc5c(ccc6cc7oc8ccccc8c7cc65)c4)cc32)cc1. The summed E-state index contributed by atoms with van der Waals surface area (Å²) in [7, 11) is 0. The topological polar surface area (TPSA) is 21.3 Å². The number of aromatic nitrogens is 1. The van der Waals surface area contributed by atoms with E-state index in [2.05, 4.69) is 179 Å². The van der Waals surface area contributed by atoms with Crippen molar-refractivity contribution < 1.29 is 4.42 Å². The van der Waals surface area contributed by atoms with E-state index in [0.717, 1.165) is 44.7 Å². The molecule has 0 unspecified atom stereocenters. The van der Waals surface area contributed by atoms with Crippen molar-refractivity contribution in [2.24, 2.45) is 0 Å². The highest BCUT2D eigenvalue weighted by atomic mass is 16.3. The van der Waals surface area contributed by atoms with Gasteiger partial charge in [-0.05, 0) is 105 Å². The summed E-state index contributed by atoms with van der Waals surface area (Å²) in [6.07, 6.45) is 0. The lowest BCUT2D eigenvalue weighted by molar-refractivity contribution is 0.669. The molecule has 3 nitrogen and oxygen atoms in total. The minimum absolute atomic E-state index is 0.920. The van der Waals surface area contributed by atoms with Crippen LogP contribution >= 0.6 is 0 Å². The molecule has 0 aliphatic carbocycles. The van der Waals surface area contributed by atoms with Gasteiger partial charge in [-0.25, -0.2) is 0 Å². The number of anilines is 3. The van der Waals surface area contributed by atoms with Crippen LogP contribution in [0.15, 0.2) is 186 Å². The summed E-state index contributed by atoms with van der Waals surface area (Å²) >= 11 is 0. The van der Waals surface area contributed by atoms with Crippen molar-refractivity contribution in [3.63, 3.8) is 0 Å². The number of nitrogens with zero attached hydrogens (tertiary/aromatic N) is 2. The lowest BCUT2D eigenvalue weighted by Gasteiger charge is -2.26. The smallest absolute Gasteiger partial charge is 0.136 e. The second kappa shape index (κ2) is 10.8. The molecule has 0 amide bonds. The van der Waals surface area contributed by atoms with E-state index in [1.807, 2.05) is 12.1 Å². The second-order valence-corrected chi connectivity index (χ2v) is 13.4. The summed E-state index contributed by atoms with van der Waals surface area (Å²) in [6, 6.07) is 65.8. The Kier molecular flexibility index (Phi) is 5.96. The van der Waals surface area contributed by atoms with Crippen LogP contribution in [0.2, 0.25) is 0 Å². The lowest BCUT2D eigenvalue weighted by Crippen LogP contribution is -2.10. The van der Waals surface area contributed by atoms with Crippen molar-refractivity contribution in [2.75, 3.05) is 4.90 Å². The minimum atomic E-state index is 0.920. The average molecular weight is 651 g/mol. The molecule has 0 saturated carbocycles. The first-order valence-corrected chi connectivity index (χ1v) is 17.4. The van der Waals surface area contributed by atoms with Crippen LogP contribution in [0.5, 0.6) is 0 Å². The first-order chi connectivity index (χ1) is 25.3. The van der Waals surface area contributed by atoms with Crippen molar-refractivity contribution in [1.29, 1.82) is 0 Å². The van der Waals surface area contributed by atoms with Gasteiger partial charge in [-0.3, -0.25) is 0 Å². The van der Waals surface area contributed by atoms with Crippen LogP contribution in [0.1, 0.15) is 0 Å². The lowest BCUT2D eigenvalue weighted by atomic mass is 9.99. The molecular weight excluding hydrogens is 621 g/mol. The molecule has 0 bridgehead atoms. The van der Waals surface area contributed by atoms with E-state index in [1.165, 1.54) is 54.1 Å². The van der Waals surface area contributed by atoms with Gasteiger partial charge in [0.25, 0.3) is 0 Å². The second-order valence-electron chi connectivity index (χ2n) is 13.4. The number of para-hydroxylation sites is 3. The van der Waals surface area contributed by atoms with Crippen molar-refractivity contribution in [3.8, 4) is 5.69 Å². The summed E-state index contributed by atoms with van der Waals surface area (Å²) in [5.74, 6) is 0. The number of hydrogen-bond acceptors (Lipinski definition) is 2. The molecule has 0 saturated heterocycles. The Labute approximate surface area is 293 Å². The standard InChI is InChI=1S/C48H30N2O/c1-2-12-35(13-3-1)50-45-16-8-6-14-40(45)41-25-23-38(29-46(41)50)49(36-21-20-31-10-4-5-11-32(31)26-36)37-22-24-39-33(27-37)18-19-34-28-48-44(30-43(34)39)42-15-7-9-17-47(42)51-48/h1-30H. The van der Waals surface area contributed by atoms with Crippen LogP contribution in [0.25, 0.3) is 81.7 Å². The predicted octanol–water partition coefficient (Wildman–Crippen LogP) is 13.6. The summed E-state index contributed by atoms with van der Waals surface area (Å²) < 4.78 is 8.62. The maximum absolute atomic E-state index is 6.23. The van der Waals surface area contributed by atoms with Gasteiger partial charge in [0.2, 0.25) is 0 Å². The number of fused-ring (bicyclic) bond motifs is 10. The number of hydrogen-bond donors (Lipinski definition) is 0. The fourth-order valence-corrected chi connectivity index (χ4v) is 8.13. The molecule has 238 valence electrons. The zero-order valence-corrected chi connectivity index (χ0v) is 27.6. The third-order valence-corrected chi connectivity index (χ3v) is 10.5. The van der Waals surface area contributed by atoms with Crippen LogP contribution in [0.3, 0.4) is 0 Å². The van der Waals surface area contributed by atoms with Gasteiger partial charge >= 0.3 is 0 Å². The Morgan fingerprint density at radius 3 is 1.80 bits per heavy atom. The minimum Gasteiger partial charge on any atom is -0.456 e. The van der Waals surface area contributed by atoms with E-state index in [4.69, 9.17) is 4.42 Å². The van der Waals surface area contributed by atoms with Crippen molar-refractivity contribution in [3.05, 3.63) is 182 Å². The predicted molar refractivity (Wildman–Crippen MR) is 215 cm³/mol. The van der Waals surface area contributed by atoms with E-state index in [-0.39, 0.29) is 0 Å². The molecule has 0 radical (unpaired) electrons. The largest absolute Gasteiger partial charge is 0.456 e. The van der Waals surface area contributed by atoms with Crippen LogP contribution in [0, 0.1) is 0 Å². The molecule has 3 heteroatoms. The molecule has 2 heterocycles. The zero-order chi connectivity index (χ0) is 33.5. The molecule has 0 atom stereocenters. The summed E-state index contributed by atoms with van der Waals surface area (Å²) in [4.78, 5) is 2.40. The molecule has 9 aromatic carbocycles. The summed E-state index contributed by atoms with van der Waals surface area (Å²) in [6.45, 7) is 0. The van der Waals surface area contributed by atoms with Gasteiger partial charge in [0.05, 0.1) is 11.0 Å². The van der Waals surface area contributed by atoms with Crippen LogP contribution in [-0.2, 0) is 0 Å². The van der Waals surface area contributed by atoms with Crippen LogP contribution in [0.4, 0.5) is 17.1 Å². The molecule has 0 spiro atoms. The van der Waals surface area contributed by atoms with Crippen molar-refractivity contribution >= 4 is 93.1 Å². The highest BCUT2D eigenvalue weighted by molar-refractivity contribution is 6.17. The maximum Gasteiger partial charge on any atom is 0.136 e. The molecule has 51 heavy (non-hydrogen) atoms. The van der Waals surface area contributed by atoms with Gasteiger partial charge in [0, 0.05) is 44.3 Å². The quantitative estimate of drug-likeness (QED) is 0.177. The van der Waals surface area contributed by atoms with Gasteiger partial charge in [-0.1, -0.05) is 109 Å². The summed E-state index contributed by atoms with van der Waals surface area (Å²) in [5, 5.41) is 12.0. The average Bonchev–Trinajstić information content (AvgIpc) is 3.72. The van der Waals surface area contributed by atoms with Gasteiger partial charge in [0.15, 0.2) is 0 Å². The van der Waals surface area contributed by atoms with Gasteiger partial charge in [-0.2, -0.15) is 0 Å². The van der Waals surface area contributed by atoms with Crippen molar-refractivity contribution in [1.82, 2.24) is 4.57 Å². The van der Waals surface area contributed by atoms with E-state index in [0.29, 0.717) is 0 Å². The highest BCUT2D eigenvalue weighted by Gasteiger charge is 2.19. The molecule has 0 aliphatic heterocycles. The molecule has 11 rings (SSSR count). The van der Waals surface area contributed by atoms with Crippen LogP contribution < -0.4 is 4.90 Å². The number of furan rings is 1. The zero-order valence-electron chi connectivity index (χ0n) is 27.6. The Bertz CT molecular complexity index is 3150. The normalized spacial score (nSPS) is 11.9. The van der Waals surface area contributed by atoms with Gasteiger partial charge in [0.1, 0.15) is 11.2 Å². The van der Waals surface area contributed by atoms with Gasteiger partial charge < -0.3 is 13.9 Å². The van der Waals surface area contributed by atoms with Crippen LogP contribution in [-0.4, -0.2) is 4.57 Å². The molecule has 0 fully saturated rings. The molecule has 0 aliphatic rings. The van der Waals surface area contributed by atoms with Gasteiger partial charge in [-0.15, -0.1) is 0 Å². The molecule has 2 aromatic heterocycles. The number of benzene rings is 9. The first kappa shape index (κ1) is 28.0. The monoisotopic (exact) mass is 650 g/mol. The Morgan fingerprint density at radius 1 is 0.333 bits per heavy atom. The van der Waals surface area contributed by atoms with E-state index >= 15 is 0 Å². The Morgan fingerprint density at radius 2 is 0.941 bits per heavy atom. The fraction of sp³-hybridized carbons (Fsp3) is 0.